The molecule has 0 radical (unpaired) electrons. The third kappa shape index (κ3) is 4.00. The molecular formula is C25H20FN5O. The van der Waals surface area contributed by atoms with Crippen molar-refractivity contribution in [3.05, 3.63) is 109 Å². The summed E-state index contributed by atoms with van der Waals surface area (Å²) in [5, 5.41) is 7.30. The van der Waals surface area contributed by atoms with Gasteiger partial charge >= 0.3 is 0 Å². The van der Waals surface area contributed by atoms with Crippen LogP contribution in [-0.2, 0) is 6.42 Å². The quantitative estimate of drug-likeness (QED) is 0.441. The maximum absolute atomic E-state index is 13.3. The fraction of sp³-hybridized carbons (Fsp3) is 0.0800. The summed E-state index contributed by atoms with van der Waals surface area (Å²) in [6.45, 7) is 0.401. The molecule has 4 aromatic heterocycles. The molecule has 0 bridgehead atoms. The number of rotatable bonds is 6. The zero-order valence-electron chi connectivity index (χ0n) is 17.1. The summed E-state index contributed by atoms with van der Waals surface area (Å²) in [5.41, 5.74) is 4.31. The Morgan fingerprint density at radius 2 is 1.81 bits per heavy atom. The molecule has 0 aliphatic carbocycles. The molecule has 1 aromatic carbocycles. The van der Waals surface area contributed by atoms with Gasteiger partial charge in [-0.15, -0.1) is 0 Å². The standard InChI is InChI=1S/C25H20FN5O/c26-21-3-1-2-18(16-21)8-14-28-25(32)23-11-15-31(29-23)24-7-6-22-5-4-20(17-30(22)24)19-9-12-27-13-10-19/h1-7,9-13,15-17H,8,14H2,(H,28,32). The van der Waals surface area contributed by atoms with Crippen molar-refractivity contribution in [3.63, 3.8) is 0 Å². The van der Waals surface area contributed by atoms with Gasteiger partial charge in [0.2, 0.25) is 0 Å². The minimum Gasteiger partial charge on any atom is -0.350 e. The van der Waals surface area contributed by atoms with E-state index >= 15 is 0 Å². The normalized spacial score (nSPS) is 11.0. The lowest BCUT2D eigenvalue weighted by Gasteiger charge is -2.07. The van der Waals surface area contributed by atoms with E-state index in [2.05, 4.69) is 21.5 Å². The van der Waals surface area contributed by atoms with Crippen molar-refractivity contribution in [2.24, 2.45) is 0 Å². The predicted octanol–water partition coefficient (Wildman–Crippen LogP) is 4.30. The second kappa shape index (κ2) is 8.47. The van der Waals surface area contributed by atoms with Crippen molar-refractivity contribution in [1.82, 2.24) is 24.5 Å². The van der Waals surface area contributed by atoms with E-state index in [4.69, 9.17) is 0 Å². The van der Waals surface area contributed by atoms with Gasteiger partial charge in [-0.3, -0.25) is 9.78 Å². The monoisotopic (exact) mass is 425 g/mol. The molecule has 0 aliphatic rings. The molecule has 0 atom stereocenters. The maximum Gasteiger partial charge on any atom is 0.271 e. The van der Waals surface area contributed by atoms with Crippen LogP contribution in [0.5, 0.6) is 0 Å². The summed E-state index contributed by atoms with van der Waals surface area (Å²) >= 11 is 0. The van der Waals surface area contributed by atoms with Crippen LogP contribution >= 0.6 is 0 Å². The highest BCUT2D eigenvalue weighted by Crippen LogP contribution is 2.22. The molecule has 0 saturated heterocycles. The van der Waals surface area contributed by atoms with Gasteiger partial charge in [-0.25, -0.2) is 9.07 Å². The highest BCUT2D eigenvalue weighted by Gasteiger charge is 2.12. The van der Waals surface area contributed by atoms with Crippen LogP contribution in [-0.4, -0.2) is 31.6 Å². The SMILES string of the molecule is O=C(NCCc1cccc(F)c1)c1ccn(-c2ccc3ccc(-c4ccncc4)cn23)n1. The van der Waals surface area contributed by atoms with Gasteiger partial charge in [-0.1, -0.05) is 18.2 Å². The molecule has 7 heteroatoms. The third-order valence-corrected chi connectivity index (χ3v) is 5.29. The molecule has 1 amide bonds. The van der Waals surface area contributed by atoms with E-state index in [1.54, 1.807) is 35.4 Å². The topological polar surface area (TPSA) is 64.2 Å². The predicted molar refractivity (Wildman–Crippen MR) is 120 cm³/mol. The number of benzene rings is 1. The molecular weight excluding hydrogens is 405 g/mol. The number of nitrogens with zero attached hydrogens (tertiary/aromatic N) is 4. The zero-order chi connectivity index (χ0) is 21.9. The molecule has 0 unspecified atom stereocenters. The highest BCUT2D eigenvalue weighted by atomic mass is 19.1. The van der Waals surface area contributed by atoms with Crippen LogP contribution in [0.25, 0.3) is 22.5 Å². The van der Waals surface area contributed by atoms with E-state index in [0.29, 0.717) is 18.7 Å². The number of fused-ring (bicyclic) bond motifs is 1. The molecule has 1 N–H and O–H groups in total. The van der Waals surface area contributed by atoms with Crippen molar-refractivity contribution in [1.29, 1.82) is 0 Å². The van der Waals surface area contributed by atoms with E-state index in [1.807, 2.05) is 47.0 Å². The summed E-state index contributed by atoms with van der Waals surface area (Å²) in [6.07, 6.45) is 7.89. The van der Waals surface area contributed by atoms with E-state index in [9.17, 15) is 9.18 Å². The Labute approximate surface area is 184 Å². The van der Waals surface area contributed by atoms with Gasteiger partial charge in [0.15, 0.2) is 5.69 Å². The average molecular weight is 425 g/mol. The van der Waals surface area contributed by atoms with Crippen LogP contribution in [0.2, 0.25) is 0 Å². The van der Waals surface area contributed by atoms with E-state index in [1.165, 1.54) is 12.1 Å². The van der Waals surface area contributed by atoms with Gasteiger partial charge in [0, 0.05) is 36.8 Å². The lowest BCUT2D eigenvalue weighted by atomic mass is 10.1. The van der Waals surface area contributed by atoms with Crippen LogP contribution in [0.4, 0.5) is 4.39 Å². The molecule has 32 heavy (non-hydrogen) atoms. The number of pyridine rings is 2. The fourth-order valence-electron chi connectivity index (χ4n) is 3.66. The number of hydrogen-bond acceptors (Lipinski definition) is 3. The van der Waals surface area contributed by atoms with Gasteiger partial charge in [0.1, 0.15) is 11.6 Å². The summed E-state index contributed by atoms with van der Waals surface area (Å²) in [4.78, 5) is 16.6. The van der Waals surface area contributed by atoms with Crippen molar-refractivity contribution >= 4 is 11.4 Å². The first kappa shape index (κ1) is 19.7. The second-order valence-electron chi connectivity index (χ2n) is 7.42. The molecule has 0 fully saturated rings. The molecule has 158 valence electrons. The fourth-order valence-corrected chi connectivity index (χ4v) is 3.66. The van der Waals surface area contributed by atoms with Gasteiger partial charge in [0.05, 0.1) is 0 Å². The summed E-state index contributed by atoms with van der Waals surface area (Å²) in [6, 6.07) is 20.1. The molecule has 5 aromatic rings. The number of amides is 1. The first-order valence-electron chi connectivity index (χ1n) is 10.3. The minimum atomic E-state index is -0.279. The summed E-state index contributed by atoms with van der Waals surface area (Å²) < 4.78 is 17.0. The first-order chi connectivity index (χ1) is 15.7. The van der Waals surface area contributed by atoms with Gasteiger partial charge in [-0.2, -0.15) is 5.10 Å². The maximum atomic E-state index is 13.3. The summed E-state index contributed by atoms with van der Waals surface area (Å²) in [7, 11) is 0. The molecule has 5 rings (SSSR count). The Morgan fingerprint density at radius 3 is 2.66 bits per heavy atom. The Hall–Kier alpha value is -4.26. The Morgan fingerprint density at radius 1 is 0.969 bits per heavy atom. The molecule has 0 spiro atoms. The summed E-state index contributed by atoms with van der Waals surface area (Å²) in [5.74, 6) is 0.285. The largest absolute Gasteiger partial charge is 0.350 e. The Balaban J connectivity index is 1.33. The number of carbonyl (C=O) groups is 1. The van der Waals surface area contributed by atoms with Crippen molar-refractivity contribution in [2.75, 3.05) is 6.54 Å². The number of aromatic nitrogens is 4. The zero-order valence-corrected chi connectivity index (χ0v) is 17.1. The van der Waals surface area contributed by atoms with E-state index in [0.717, 1.165) is 28.0 Å². The third-order valence-electron chi connectivity index (χ3n) is 5.29. The number of hydrogen-bond donors (Lipinski definition) is 1. The number of nitrogens with one attached hydrogen (secondary N) is 1. The lowest BCUT2D eigenvalue weighted by molar-refractivity contribution is 0.0948. The molecule has 4 heterocycles. The van der Waals surface area contributed by atoms with Crippen molar-refractivity contribution in [2.45, 2.75) is 6.42 Å². The van der Waals surface area contributed by atoms with Crippen LogP contribution in [0.3, 0.4) is 0 Å². The van der Waals surface area contributed by atoms with Crippen LogP contribution in [0, 0.1) is 5.82 Å². The average Bonchev–Trinajstić information content (AvgIpc) is 3.46. The van der Waals surface area contributed by atoms with Gasteiger partial charge in [-0.05, 0) is 71.6 Å². The molecule has 6 nitrogen and oxygen atoms in total. The van der Waals surface area contributed by atoms with Crippen LogP contribution in [0.15, 0.2) is 91.5 Å². The number of carbonyl (C=O) groups excluding carboxylic acids is 1. The second-order valence-corrected chi connectivity index (χ2v) is 7.42. The van der Waals surface area contributed by atoms with Crippen molar-refractivity contribution in [3.8, 4) is 16.9 Å². The lowest BCUT2D eigenvalue weighted by Crippen LogP contribution is -2.26. The molecule has 0 saturated carbocycles. The van der Waals surface area contributed by atoms with Gasteiger partial charge in [0.25, 0.3) is 5.91 Å². The van der Waals surface area contributed by atoms with Crippen LogP contribution in [0.1, 0.15) is 16.1 Å². The van der Waals surface area contributed by atoms with E-state index < -0.39 is 0 Å². The Kier molecular flexibility index (Phi) is 5.21. The smallest absolute Gasteiger partial charge is 0.271 e. The highest BCUT2D eigenvalue weighted by molar-refractivity contribution is 5.92. The number of halogens is 1. The van der Waals surface area contributed by atoms with Gasteiger partial charge < -0.3 is 9.72 Å². The first-order valence-corrected chi connectivity index (χ1v) is 10.3. The van der Waals surface area contributed by atoms with Crippen LogP contribution < -0.4 is 5.32 Å². The minimum absolute atomic E-state index is 0.265. The Bertz CT molecular complexity index is 1390. The molecule has 0 aliphatic heterocycles. The van der Waals surface area contributed by atoms with Crippen molar-refractivity contribution < 1.29 is 9.18 Å². The van der Waals surface area contributed by atoms with E-state index in [-0.39, 0.29) is 11.7 Å².